The Kier molecular flexibility index (Phi) is 5.65. The third-order valence-corrected chi connectivity index (χ3v) is 3.38. The fourth-order valence-corrected chi connectivity index (χ4v) is 2.17. The summed E-state index contributed by atoms with van der Waals surface area (Å²) in [6.07, 6.45) is 0. The number of nitrogens with one attached hydrogen (secondary N) is 2. The summed E-state index contributed by atoms with van der Waals surface area (Å²) in [5.41, 5.74) is 0.860. The number of carbonyl (C=O) groups excluding carboxylic acids is 1. The second-order valence-electron chi connectivity index (χ2n) is 5.02. The van der Waals surface area contributed by atoms with Gasteiger partial charge in [-0.2, -0.15) is 0 Å². The molecular weight excluding hydrogens is 302 g/mol. The van der Waals surface area contributed by atoms with Crippen LogP contribution in [0.2, 0.25) is 0 Å². The lowest BCUT2D eigenvalue weighted by Gasteiger charge is -2.17. The average molecular weight is 320 g/mol. The van der Waals surface area contributed by atoms with E-state index in [2.05, 4.69) is 10.6 Å². The number of hydrogen-bond acceptors (Lipinski definition) is 3. The summed E-state index contributed by atoms with van der Waals surface area (Å²) in [6.45, 7) is 1.87. The minimum absolute atomic E-state index is 0.0178. The maximum Gasteiger partial charge on any atom is 0.238 e. The van der Waals surface area contributed by atoms with Gasteiger partial charge in [0.25, 0.3) is 0 Å². The number of para-hydroxylation sites is 1. The molecule has 122 valence electrons. The standard InChI is InChI=1S/C17H18F2N2O2/c1-11(13-5-3-4-6-16(13)23-2)20-10-17(22)21-15-8-7-12(18)9-14(15)19/h3-9,11,20H,10H2,1-2H3,(H,21,22)/t11-/m0/s1. The van der Waals surface area contributed by atoms with Crippen molar-refractivity contribution in [1.82, 2.24) is 5.32 Å². The van der Waals surface area contributed by atoms with Gasteiger partial charge in [-0.05, 0) is 25.1 Å². The second kappa shape index (κ2) is 7.69. The topological polar surface area (TPSA) is 50.4 Å². The zero-order valence-electron chi connectivity index (χ0n) is 12.9. The van der Waals surface area contributed by atoms with Crippen molar-refractivity contribution in [3.63, 3.8) is 0 Å². The Labute approximate surface area is 133 Å². The molecule has 0 unspecified atom stereocenters. The zero-order valence-corrected chi connectivity index (χ0v) is 12.9. The molecule has 0 aliphatic rings. The van der Waals surface area contributed by atoms with Gasteiger partial charge >= 0.3 is 0 Å². The molecule has 2 aromatic carbocycles. The predicted octanol–water partition coefficient (Wildman–Crippen LogP) is 3.26. The van der Waals surface area contributed by atoms with Gasteiger partial charge in [0, 0.05) is 17.7 Å². The van der Waals surface area contributed by atoms with Crippen LogP contribution >= 0.6 is 0 Å². The monoisotopic (exact) mass is 320 g/mol. The molecule has 0 radical (unpaired) electrons. The first kappa shape index (κ1) is 16.9. The Morgan fingerprint density at radius 3 is 2.65 bits per heavy atom. The number of benzene rings is 2. The van der Waals surface area contributed by atoms with Crippen LogP contribution in [-0.4, -0.2) is 19.6 Å². The fraction of sp³-hybridized carbons (Fsp3) is 0.235. The van der Waals surface area contributed by atoms with Crippen molar-refractivity contribution in [1.29, 1.82) is 0 Å². The lowest BCUT2D eigenvalue weighted by atomic mass is 10.1. The summed E-state index contributed by atoms with van der Waals surface area (Å²) < 4.78 is 31.6. The van der Waals surface area contributed by atoms with Crippen LogP contribution in [0.5, 0.6) is 5.75 Å². The van der Waals surface area contributed by atoms with Gasteiger partial charge in [0.1, 0.15) is 17.4 Å². The number of halogens is 2. The van der Waals surface area contributed by atoms with E-state index < -0.39 is 17.5 Å². The molecule has 0 aliphatic carbocycles. The van der Waals surface area contributed by atoms with Gasteiger partial charge in [-0.3, -0.25) is 4.79 Å². The van der Waals surface area contributed by atoms with Gasteiger partial charge in [-0.1, -0.05) is 18.2 Å². The molecular formula is C17H18F2N2O2. The van der Waals surface area contributed by atoms with Gasteiger partial charge in [0.2, 0.25) is 5.91 Å². The molecule has 0 saturated carbocycles. The Bertz CT molecular complexity index is 692. The number of carbonyl (C=O) groups is 1. The van der Waals surface area contributed by atoms with Crippen LogP contribution in [0.4, 0.5) is 14.5 Å². The first-order chi connectivity index (χ1) is 11.0. The van der Waals surface area contributed by atoms with Gasteiger partial charge in [-0.25, -0.2) is 8.78 Å². The first-order valence-electron chi connectivity index (χ1n) is 7.12. The zero-order chi connectivity index (χ0) is 16.8. The lowest BCUT2D eigenvalue weighted by Crippen LogP contribution is -2.30. The van der Waals surface area contributed by atoms with Crippen LogP contribution in [0.25, 0.3) is 0 Å². The van der Waals surface area contributed by atoms with E-state index in [0.29, 0.717) is 0 Å². The van der Waals surface area contributed by atoms with E-state index in [4.69, 9.17) is 4.74 Å². The van der Waals surface area contributed by atoms with Gasteiger partial charge in [0.15, 0.2) is 0 Å². The van der Waals surface area contributed by atoms with E-state index >= 15 is 0 Å². The normalized spacial score (nSPS) is 11.8. The van der Waals surface area contributed by atoms with Crippen LogP contribution in [0, 0.1) is 11.6 Å². The first-order valence-corrected chi connectivity index (χ1v) is 7.12. The Morgan fingerprint density at radius 1 is 1.22 bits per heavy atom. The molecule has 2 rings (SSSR count). The summed E-state index contributed by atoms with van der Waals surface area (Å²) >= 11 is 0. The van der Waals surface area contributed by atoms with Crippen LogP contribution in [0.1, 0.15) is 18.5 Å². The van der Waals surface area contributed by atoms with Crippen LogP contribution < -0.4 is 15.4 Å². The SMILES string of the molecule is COc1ccccc1[C@H](C)NCC(=O)Nc1ccc(F)cc1F. The highest BCUT2D eigenvalue weighted by atomic mass is 19.1. The highest BCUT2D eigenvalue weighted by Gasteiger charge is 2.13. The van der Waals surface area contributed by atoms with E-state index in [-0.39, 0.29) is 18.3 Å². The van der Waals surface area contributed by atoms with Gasteiger partial charge < -0.3 is 15.4 Å². The molecule has 0 spiro atoms. The molecule has 2 N–H and O–H groups in total. The number of methoxy groups -OCH3 is 1. The minimum Gasteiger partial charge on any atom is -0.496 e. The molecule has 0 fully saturated rings. The summed E-state index contributed by atoms with van der Waals surface area (Å²) in [5, 5.41) is 5.43. The summed E-state index contributed by atoms with van der Waals surface area (Å²) in [5.74, 6) is -1.20. The predicted molar refractivity (Wildman–Crippen MR) is 84.4 cm³/mol. The van der Waals surface area contributed by atoms with E-state index in [9.17, 15) is 13.6 Å². The maximum atomic E-state index is 13.5. The molecule has 0 heterocycles. The van der Waals surface area contributed by atoms with Gasteiger partial charge in [-0.15, -0.1) is 0 Å². The van der Waals surface area contributed by atoms with Crippen LogP contribution in [-0.2, 0) is 4.79 Å². The number of amides is 1. The van der Waals surface area contributed by atoms with Crippen LogP contribution in [0.15, 0.2) is 42.5 Å². The molecule has 1 amide bonds. The van der Waals surface area contributed by atoms with Crippen molar-refractivity contribution in [2.24, 2.45) is 0 Å². The van der Waals surface area contributed by atoms with Crippen molar-refractivity contribution in [3.8, 4) is 5.75 Å². The molecule has 0 bridgehead atoms. The average Bonchev–Trinajstić information content (AvgIpc) is 2.55. The summed E-state index contributed by atoms with van der Waals surface area (Å²) in [6, 6.07) is 10.3. The molecule has 23 heavy (non-hydrogen) atoms. The smallest absolute Gasteiger partial charge is 0.238 e. The highest BCUT2D eigenvalue weighted by Crippen LogP contribution is 2.24. The number of ether oxygens (including phenoxy) is 1. The fourth-order valence-electron chi connectivity index (χ4n) is 2.17. The van der Waals surface area contributed by atoms with Crippen molar-refractivity contribution in [3.05, 3.63) is 59.7 Å². The van der Waals surface area contributed by atoms with E-state index in [1.165, 1.54) is 6.07 Å². The molecule has 0 aromatic heterocycles. The van der Waals surface area contributed by atoms with Crippen LogP contribution in [0.3, 0.4) is 0 Å². The summed E-state index contributed by atoms with van der Waals surface area (Å²) in [7, 11) is 1.58. The summed E-state index contributed by atoms with van der Waals surface area (Å²) in [4.78, 5) is 11.9. The van der Waals surface area contributed by atoms with Crippen molar-refractivity contribution in [2.75, 3.05) is 19.0 Å². The third-order valence-electron chi connectivity index (χ3n) is 3.38. The molecule has 2 aromatic rings. The number of hydrogen-bond donors (Lipinski definition) is 2. The highest BCUT2D eigenvalue weighted by molar-refractivity contribution is 5.92. The molecule has 0 saturated heterocycles. The maximum absolute atomic E-state index is 13.5. The van der Waals surface area contributed by atoms with E-state index in [1.54, 1.807) is 7.11 Å². The van der Waals surface area contributed by atoms with Crippen molar-refractivity contribution in [2.45, 2.75) is 13.0 Å². The van der Waals surface area contributed by atoms with Crippen molar-refractivity contribution >= 4 is 11.6 Å². The lowest BCUT2D eigenvalue weighted by molar-refractivity contribution is -0.115. The minimum atomic E-state index is -0.809. The van der Waals surface area contributed by atoms with Gasteiger partial charge in [0.05, 0.1) is 19.3 Å². The van der Waals surface area contributed by atoms with E-state index in [0.717, 1.165) is 23.4 Å². The Hall–Kier alpha value is -2.47. The quantitative estimate of drug-likeness (QED) is 0.859. The molecule has 0 aliphatic heterocycles. The molecule has 4 nitrogen and oxygen atoms in total. The largest absolute Gasteiger partial charge is 0.496 e. The van der Waals surface area contributed by atoms with E-state index in [1.807, 2.05) is 31.2 Å². The van der Waals surface area contributed by atoms with Crippen molar-refractivity contribution < 1.29 is 18.3 Å². The Morgan fingerprint density at radius 2 is 1.96 bits per heavy atom. The molecule has 6 heteroatoms. The Balaban J connectivity index is 1.93. The number of rotatable bonds is 6. The molecule has 1 atom stereocenters. The second-order valence-corrected chi connectivity index (χ2v) is 5.02. The number of anilines is 1. The third kappa shape index (κ3) is 4.50.